The summed E-state index contributed by atoms with van der Waals surface area (Å²) in [5.41, 5.74) is 1.48. The third-order valence-electron chi connectivity index (χ3n) is 3.40. The highest BCUT2D eigenvalue weighted by Gasteiger charge is 2.17. The van der Waals surface area contributed by atoms with Gasteiger partial charge in [0.15, 0.2) is 11.5 Å². The Labute approximate surface area is 138 Å². The van der Waals surface area contributed by atoms with Crippen molar-refractivity contribution in [2.75, 3.05) is 21.3 Å². The zero-order valence-electron chi connectivity index (χ0n) is 13.5. The lowest BCUT2D eigenvalue weighted by Crippen LogP contribution is -1.99. The van der Waals surface area contributed by atoms with E-state index in [0.29, 0.717) is 33.9 Å². The van der Waals surface area contributed by atoms with Crippen molar-refractivity contribution in [1.29, 1.82) is 0 Å². The van der Waals surface area contributed by atoms with Gasteiger partial charge >= 0.3 is 5.97 Å². The van der Waals surface area contributed by atoms with E-state index in [1.54, 1.807) is 12.1 Å². The lowest BCUT2D eigenvalue weighted by molar-refractivity contribution is -0.131. The van der Waals surface area contributed by atoms with Crippen molar-refractivity contribution < 1.29 is 28.5 Å². The molecule has 2 rings (SSSR count). The molecule has 2 aromatic rings. The first kappa shape index (κ1) is 17.3. The van der Waals surface area contributed by atoms with Gasteiger partial charge in [-0.2, -0.15) is 0 Å². The standard InChI is InChI=1S/C18H17FO5/c1-22-15-8-12(9-16(23-2)18(15)24-3)14(10-17(20)21)11-4-6-13(19)7-5-11/h4-10H,1-3H3,(H,20,21)/b14-10-. The van der Waals surface area contributed by atoms with E-state index in [1.165, 1.54) is 45.6 Å². The van der Waals surface area contributed by atoms with Crippen LogP contribution in [0, 0.1) is 5.82 Å². The maximum Gasteiger partial charge on any atom is 0.328 e. The van der Waals surface area contributed by atoms with Gasteiger partial charge in [-0.1, -0.05) is 12.1 Å². The molecule has 126 valence electrons. The third-order valence-corrected chi connectivity index (χ3v) is 3.40. The number of carbonyl (C=O) groups is 1. The summed E-state index contributed by atoms with van der Waals surface area (Å²) in [4.78, 5) is 11.2. The molecule has 1 N–H and O–H groups in total. The number of hydrogen-bond donors (Lipinski definition) is 1. The van der Waals surface area contributed by atoms with Gasteiger partial charge in [0.1, 0.15) is 5.82 Å². The van der Waals surface area contributed by atoms with Gasteiger partial charge < -0.3 is 19.3 Å². The molecule has 0 heterocycles. The van der Waals surface area contributed by atoms with Crippen molar-refractivity contribution in [3.05, 3.63) is 59.4 Å². The normalized spacial score (nSPS) is 11.1. The molecule has 5 nitrogen and oxygen atoms in total. The van der Waals surface area contributed by atoms with Crippen LogP contribution < -0.4 is 14.2 Å². The van der Waals surface area contributed by atoms with Crippen LogP contribution in [0.5, 0.6) is 17.2 Å². The maximum absolute atomic E-state index is 13.2. The van der Waals surface area contributed by atoms with E-state index < -0.39 is 11.8 Å². The summed E-state index contributed by atoms with van der Waals surface area (Å²) in [7, 11) is 4.42. The van der Waals surface area contributed by atoms with Crippen molar-refractivity contribution in [1.82, 2.24) is 0 Å². The topological polar surface area (TPSA) is 65.0 Å². The molecule has 0 bridgehead atoms. The highest BCUT2D eigenvalue weighted by Crippen LogP contribution is 2.41. The molecule has 6 heteroatoms. The number of halogens is 1. The Morgan fingerprint density at radius 2 is 1.50 bits per heavy atom. The highest BCUT2D eigenvalue weighted by atomic mass is 19.1. The third kappa shape index (κ3) is 3.65. The van der Waals surface area contributed by atoms with Gasteiger partial charge in [0.2, 0.25) is 5.75 Å². The van der Waals surface area contributed by atoms with E-state index in [4.69, 9.17) is 14.2 Å². The summed E-state index contributed by atoms with van der Waals surface area (Å²) in [5.74, 6) is -0.338. The van der Waals surface area contributed by atoms with Crippen LogP contribution in [0.3, 0.4) is 0 Å². The number of rotatable bonds is 6. The quantitative estimate of drug-likeness (QED) is 0.822. The second-order valence-electron chi connectivity index (χ2n) is 4.82. The summed E-state index contributed by atoms with van der Waals surface area (Å²) in [6, 6.07) is 8.82. The van der Waals surface area contributed by atoms with Crippen molar-refractivity contribution in [3.8, 4) is 17.2 Å². The molecule has 0 atom stereocenters. The molecular weight excluding hydrogens is 315 g/mol. The molecule has 0 saturated carbocycles. The van der Waals surface area contributed by atoms with Crippen LogP contribution in [-0.4, -0.2) is 32.4 Å². The monoisotopic (exact) mass is 332 g/mol. The first-order chi connectivity index (χ1) is 11.5. The molecule has 0 aliphatic heterocycles. The summed E-state index contributed by atoms with van der Waals surface area (Å²) in [6.45, 7) is 0. The smallest absolute Gasteiger partial charge is 0.328 e. The summed E-state index contributed by atoms with van der Waals surface area (Å²) in [5, 5.41) is 9.18. The fourth-order valence-electron chi connectivity index (χ4n) is 2.32. The lowest BCUT2D eigenvalue weighted by Gasteiger charge is -2.16. The first-order valence-electron chi connectivity index (χ1n) is 7.01. The fraction of sp³-hybridized carbons (Fsp3) is 0.167. The first-order valence-corrected chi connectivity index (χ1v) is 7.01. The van der Waals surface area contributed by atoms with E-state index in [-0.39, 0.29) is 0 Å². The van der Waals surface area contributed by atoms with E-state index in [9.17, 15) is 14.3 Å². The van der Waals surface area contributed by atoms with Crippen LogP contribution in [0.4, 0.5) is 4.39 Å². The molecule has 2 aromatic carbocycles. The van der Waals surface area contributed by atoms with Crippen molar-refractivity contribution in [2.24, 2.45) is 0 Å². The van der Waals surface area contributed by atoms with E-state index in [0.717, 1.165) is 6.08 Å². The molecule has 0 amide bonds. The number of carboxylic acid groups (broad SMARTS) is 1. The molecule has 0 radical (unpaired) electrons. The Kier molecular flexibility index (Phi) is 5.42. The molecule has 0 aliphatic rings. The number of methoxy groups -OCH3 is 3. The fourth-order valence-corrected chi connectivity index (χ4v) is 2.32. The Bertz CT molecular complexity index is 740. The predicted octanol–water partition coefficient (Wildman–Crippen LogP) is 3.37. The summed E-state index contributed by atoms with van der Waals surface area (Å²) in [6.07, 6.45) is 1.05. The summed E-state index contributed by atoms with van der Waals surface area (Å²) >= 11 is 0. The van der Waals surface area contributed by atoms with Gasteiger partial charge in [0, 0.05) is 6.08 Å². The molecule has 0 saturated heterocycles. The van der Waals surface area contributed by atoms with Crippen molar-refractivity contribution in [2.45, 2.75) is 0 Å². The number of ether oxygens (including phenoxy) is 3. The van der Waals surface area contributed by atoms with Gasteiger partial charge in [-0.05, 0) is 41.0 Å². The zero-order valence-corrected chi connectivity index (χ0v) is 13.5. The Morgan fingerprint density at radius 1 is 0.958 bits per heavy atom. The maximum atomic E-state index is 13.2. The van der Waals surface area contributed by atoms with E-state index >= 15 is 0 Å². The van der Waals surface area contributed by atoms with Gasteiger partial charge in [0.25, 0.3) is 0 Å². The average Bonchev–Trinajstić information content (AvgIpc) is 2.59. The average molecular weight is 332 g/mol. The summed E-state index contributed by atoms with van der Waals surface area (Å²) < 4.78 is 29.0. The van der Waals surface area contributed by atoms with Crippen molar-refractivity contribution >= 4 is 11.5 Å². The molecule has 0 fully saturated rings. The number of benzene rings is 2. The predicted molar refractivity (Wildman–Crippen MR) is 87.2 cm³/mol. The van der Waals surface area contributed by atoms with Gasteiger partial charge in [0.05, 0.1) is 21.3 Å². The minimum absolute atomic E-state index is 0.391. The van der Waals surface area contributed by atoms with E-state index in [1.807, 2.05) is 0 Å². The number of aliphatic carboxylic acids is 1. The zero-order chi connectivity index (χ0) is 17.7. The van der Waals surface area contributed by atoms with Crippen LogP contribution in [0.25, 0.3) is 5.57 Å². The molecule has 0 aliphatic carbocycles. The Hall–Kier alpha value is -3.02. The van der Waals surface area contributed by atoms with E-state index in [2.05, 4.69) is 0 Å². The molecule has 0 aromatic heterocycles. The largest absolute Gasteiger partial charge is 0.493 e. The molecule has 0 spiro atoms. The minimum atomic E-state index is -1.12. The van der Waals surface area contributed by atoms with Crippen LogP contribution in [0.2, 0.25) is 0 Å². The Balaban J connectivity index is 2.67. The van der Waals surface area contributed by atoms with Crippen LogP contribution in [0.1, 0.15) is 11.1 Å². The number of hydrogen-bond acceptors (Lipinski definition) is 4. The van der Waals surface area contributed by atoms with Crippen LogP contribution in [-0.2, 0) is 4.79 Å². The van der Waals surface area contributed by atoms with Crippen LogP contribution in [0.15, 0.2) is 42.5 Å². The highest BCUT2D eigenvalue weighted by molar-refractivity contribution is 5.95. The van der Waals surface area contributed by atoms with Crippen molar-refractivity contribution in [3.63, 3.8) is 0 Å². The second kappa shape index (κ2) is 7.50. The Morgan fingerprint density at radius 3 is 1.92 bits per heavy atom. The SMILES string of the molecule is COc1cc(/C(=C\C(=O)O)c2ccc(F)cc2)cc(OC)c1OC. The second-order valence-corrected chi connectivity index (χ2v) is 4.82. The molecule has 0 unspecified atom stereocenters. The van der Waals surface area contributed by atoms with Crippen LogP contribution >= 0.6 is 0 Å². The van der Waals surface area contributed by atoms with Gasteiger partial charge in [-0.3, -0.25) is 0 Å². The van der Waals surface area contributed by atoms with Gasteiger partial charge in [-0.25, -0.2) is 9.18 Å². The molecular formula is C18H17FO5. The minimum Gasteiger partial charge on any atom is -0.493 e. The molecule has 24 heavy (non-hydrogen) atoms. The number of carboxylic acids is 1. The van der Waals surface area contributed by atoms with Gasteiger partial charge in [-0.15, -0.1) is 0 Å². The lowest BCUT2D eigenvalue weighted by atomic mass is 9.96.